The first-order valence-corrected chi connectivity index (χ1v) is 28.2. The van der Waals surface area contributed by atoms with E-state index in [4.69, 9.17) is 24.2 Å². The molecule has 80 heavy (non-hydrogen) atoms. The van der Waals surface area contributed by atoms with Crippen molar-refractivity contribution in [1.82, 2.24) is 64.5 Å². The van der Waals surface area contributed by atoms with Crippen molar-refractivity contribution in [3.05, 3.63) is 133 Å². The molecule has 0 unspecified atom stereocenters. The summed E-state index contributed by atoms with van der Waals surface area (Å²) in [5.74, 6) is 7.82. The number of carbonyl (C=O) groups excluding carboxylic acids is 1. The summed E-state index contributed by atoms with van der Waals surface area (Å²) in [5.41, 5.74) is 11.9. The van der Waals surface area contributed by atoms with Gasteiger partial charge in [0.2, 0.25) is 0 Å². The molecule has 17 heteroatoms. The summed E-state index contributed by atoms with van der Waals surface area (Å²) >= 11 is 0. The normalized spacial score (nSPS) is 19.1. The van der Waals surface area contributed by atoms with E-state index in [0.717, 1.165) is 163 Å². The zero-order valence-corrected chi connectivity index (χ0v) is 44.7. The van der Waals surface area contributed by atoms with Gasteiger partial charge in [-0.25, -0.2) is 24.7 Å². The van der Waals surface area contributed by atoms with Gasteiger partial charge < -0.3 is 53.9 Å². The monoisotopic (exact) mass is 1070 g/mol. The van der Waals surface area contributed by atoms with Crippen LogP contribution in [0.15, 0.2) is 110 Å². The number of aromatic nitrogens is 10. The van der Waals surface area contributed by atoms with Gasteiger partial charge in [-0.1, -0.05) is 20.3 Å². The maximum atomic E-state index is 12.9. The molecule has 3 atom stereocenters. The second-order valence-electron chi connectivity index (χ2n) is 23.0. The third-order valence-corrected chi connectivity index (χ3v) is 16.8. The number of likely N-dealkylation sites (tertiary alicyclic amines) is 1. The van der Waals surface area contributed by atoms with Crippen molar-refractivity contribution in [1.29, 1.82) is 0 Å². The molecule has 17 nitrogen and oxygen atoms in total. The lowest BCUT2D eigenvalue weighted by Crippen LogP contribution is -2.36. The van der Waals surface area contributed by atoms with Crippen molar-refractivity contribution in [3.8, 4) is 79.4 Å². The molecule has 0 bridgehead atoms. The number of rotatable bonds is 8. The summed E-state index contributed by atoms with van der Waals surface area (Å²) in [6, 6.07) is 25.8. The van der Waals surface area contributed by atoms with Gasteiger partial charge >= 0.3 is 6.09 Å². The molecule has 0 radical (unpaired) electrons. The van der Waals surface area contributed by atoms with Crippen LogP contribution in [0.4, 0.5) is 4.79 Å². The Kier molecular flexibility index (Phi) is 12.3. The third-order valence-electron chi connectivity index (χ3n) is 16.8. The van der Waals surface area contributed by atoms with E-state index in [2.05, 4.69) is 123 Å². The van der Waals surface area contributed by atoms with E-state index in [-0.39, 0.29) is 19.6 Å². The lowest BCUT2D eigenvalue weighted by molar-refractivity contribution is 0.0218. The zero-order chi connectivity index (χ0) is 52.9. The van der Waals surface area contributed by atoms with E-state index in [9.17, 15) is 4.79 Å². The van der Waals surface area contributed by atoms with Gasteiger partial charge in [0, 0.05) is 57.9 Å². The van der Waals surface area contributed by atoms with Crippen LogP contribution in [0.1, 0.15) is 140 Å². The van der Waals surface area contributed by atoms with Gasteiger partial charge in [-0.05, 0) is 158 Å². The predicted molar refractivity (Wildman–Crippen MR) is 310 cm³/mol. The highest BCUT2D eigenvalue weighted by atomic mass is 16.6. The minimum atomic E-state index is -0.539. The number of ether oxygens (including phenoxy) is 3. The van der Waals surface area contributed by atoms with Crippen LogP contribution in [0, 0.1) is 0 Å². The van der Waals surface area contributed by atoms with Crippen LogP contribution in [0.25, 0.3) is 78.2 Å². The van der Waals surface area contributed by atoms with Crippen LogP contribution in [0.3, 0.4) is 0 Å². The number of fused-ring (bicyclic) bond motifs is 4. The van der Waals surface area contributed by atoms with Gasteiger partial charge in [0.1, 0.15) is 28.9 Å². The number of hydrogen-bond donors (Lipinski definition) is 6. The molecular weight excluding hydrogens is 1000 g/mol. The van der Waals surface area contributed by atoms with Gasteiger partial charge in [0.05, 0.1) is 88.1 Å². The van der Waals surface area contributed by atoms with Gasteiger partial charge in [0.25, 0.3) is 0 Å². The molecule has 5 aliphatic heterocycles. The van der Waals surface area contributed by atoms with Crippen LogP contribution < -0.4 is 20.1 Å². The highest BCUT2D eigenvalue weighted by Gasteiger charge is 2.36. The van der Waals surface area contributed by atoms with E-state index in [1.165, 1.54) is 38.5 Å². The van der Waals surface area contributed by atoms with Crippen LogP contribution >= 0.6 is 0 Å². The van der Waals surface area contributed by atoms with Gasteiger partial charge in [-0.3, -0.25) is 4.90 Å². The first-order valence-electron chi connectivity index (χ1n) is 28.2. The van der Waals surface area contributed by atoms with Gasteiger partial charge in [-0.15, -0.1) is 0 Å². The number of H-pyrrole nitrogens is 4. The van der Waals surface area contributed by atoms with Crippen molar-refractivity contribution >= 4 is 27.9 Å². The van der Waals surface area contributed by atoms with E-state index in [1.54, 1.807) is 4.90 Å². The van der Waals surface area contributed by atoms with Crippen molar-refractivity contribution in [3.63, 3.8) is 0 Å². The number of imidazole rings is 4. The summed E-state index contributed by atoms with van der Waals surface area (Å²) in [5, 5.41) is 9.26. The van der Waals surface area contributed by atoms with Crippen LogP contribution in [-0.4, -0.2) is 85.2 Å². The quantitative estimate of drug-likeness (QED) is 0.0852. The molecule has 1 aliphatic carbocycles. The molecule has 1 amide bonds. The molecule has 16 rings (SSSR count). The Balaban J connectivity index is 0.000000144. The minimum absolute atomic E-state index is 0. The fraction of sp³-hybridized carbons (Fsp3) is 0.349. The number of nitrogens with one attached hydrogen (secondary N) is 6. The minimum Gasteiger partial charge on any atom is -0.453 e. The Morgan fingerprint density at radius 3 is 1.57 bits per heavy atom. The van der Waals surface area contributed by atoms with Crippen LogP contribution in [0.5, 0.6) is 23.0 Å². The first kappa shape index (κ1) is 49.9. The standard InChI is InChI=1S/C34H36N6O3.C28H27N7O.CH4/c1-34(2,3)43-33(41)40-15-6-9-26(40)32-36-19-25(38-32)22-11-13-29-30-23(22)14-16-39(30)27-17-21(10-12-28(27)42-29)24-18-35-31(37-24)20-7-4-5-8-20;1-3-19(29-10-1)27-31-14-21(33-27)16-5-7-24-23(13-16)35-12-9-18-17(6-8-25(36-24)26(18)35)22-15-32-28(34-22)20-4-2-11-30-20;/h10-14,16-20,26H,4-9,15H2,1-3H3,(H,35,37)(H,36,38);5-9,12-15,19-20,29-30H,1-4,10-11H2,(H,31,33)(H,32,34);1H4/t26-;19-,20-;/m00./s1. The highest BCUT2D eigenvalue weighted by Crippen LogP contribution is 2.47. The second-order valence-corrected chi connectivity index (χ2v) is 23.0. The van der Waals surface area contributed by atoms with E-state index >= 15 is 0 Å². The molecule has 6 N–H and O–H groups in total. The van der Waals surface area contributed by atoms with Gasteiger partial charge in [0.15, 0.2) is 23.0 Å². The highest BCUT2D eigenvalue weighted by molar-refractivity contribution is 6.01. The Morgan fingerprint density at radius 2 is 1.04 bits per heavy atom. The molecule has 3 saturated heterocycles. The zero-order valence-electron chi connectivity index (χ0n) is 44.7. The molecule has 6 aromatic heterocycles. The lowest BCUT2D eigenvalue weighted by atomic mass is 10.1. The molecule has 11 heterocycles. The Bertz CT molecular complexity index is 3960. The fourth-order valence-corrected chi connectivity index (χ4v) is 12.9. The van der Waals surface area contributed by atoms with Crippen molar-refractivity contribution in [2.75, 3.05) is 19.6 Å². The summed E-state index contributed by atoms with van der Waals surface area (Å²) in [4.78, 5) is 47.7. The summed E-state index contributed by atoms with van der Waals surface area (Å²) in [6.07, 6.45) is 23.1. The van der Waals surface area contributed by atoms with E-state index < -0.39 is 5.60 Å². The van der Waals surface area contributed by atoms with E-state index in [0.29, 0.717) is 24.5 Å². The molecule has 4 aromatic carbocycles. The SMILES string of the molecule is C.CC(C)(C)OC(=O)N1CCC[C@H]1c1ncc(-c2ccc3c4c2ccn4-c2cc(-c4cnc(C5CCCC5)[nH]4)ccc2O3)[nH]1.c1cc2c(cc1-c1cnc([C@@H]3CCCN3)[nH]1)-n1ccc3c(-c4cnc([C@@H]5CCCN5)[nH]4)ccc(c31)O2. The molecule has 4 fully saturated rings. The Hall–Kier alpha value is -8.41. The Labute approximate surface area is 463 Å². The number of benzene rings is 4. The predicted octanol–water partition coefficient (Wildman–Crippen LogP) is 14.2. The van der Waals surface area contributed by atoms with E-state index in [1.807, 2.05) is 57.7 Å². The number of aromatic amines is 4. The summed E-state index contributed by atoms with van der Waals surface area (Å²) < 4.78 is 22.9. The molecule has 0 spiro atoms. The average molecular weight is 1070 g/mol. The molecule has 6 aliphatic rings. The first-order chi connectivity index (χ1) is 38.6. The Morgan fingerprint density at radius 1 is 0.550 bits per heavy atom. The smallest absolute Gasteiger partial charge is 0.410 e. The number of hydrogen-bond acceptors (Lipinski definition) is 10. The largest absolute Gasteiger partial charge is 0.453 e. The second kappa shape index (κ2) is 19.7. The maximum absolute atomic E-state index is 12.9. The van der Waals surface area contributed by atoms with Crippen LogP contribution in [0.2, 0.25) is 0 Å². The molecular formula is C63H67N13O4. The maximum Gasteiger partial charge on any atom is 0.410 e. The number of amides is 1. The third kappa shape index (κ3) is 8.74. The number of nitrogens with zero attached hydrogens (tertiary/aromatic N) is 7. The molecule has 408 valence electrons. The van der Waals surface area contributed by atoms with Gasteiger partial charge in [-0.2, -0.15) is 0 Å². The van der Waals surface area contributed by atoms with Crippen molar-refractivity contribution < 1.29 is 19.0 Å². The van der Waals surface area contributed by atoms with Crippen molar-refractivity contribution in [2.45, 2.75) is 122 Å². The summed E-state index contributed by atoms with van der Waals surface area (Å²) in [7, 11) is 0. The average Bonchev–Trinajstić information content (AvgIpc) is 4.49. The fourth-order valence-electron chi connectivity index (χ4n) is 12.9. The summed E-state index contributed by atoms with van der Waals surface area (Å²) in [6.45, 7) is 8.45. The van der Waals surface area contributed by atoms with Crippen LogP contribution in [-0.2, 0) is 4.74 Å². The topological polar surface area (TPSA) is 197 Å². The lowest BCUT2D eigenvalue weighted by Gasteiger charge is -2.27. The molecule has 10 aromatic rings. The van der Waals surface area contributed by atoms with Crippen molar-refractivity contribution in [2.24, 2.45) is 0 Å². The number of carbonyl (C=O) groups is 1. The molecule has 1 saturated carbocycles.